The van der Waals surface area contributed by atoms with Crippen LogP contribution in [-0.2, 0) is 5.54 Å². The lowest BCUT2D eigenvalue weighted by Crippen LogP contribution is -2.55. The molecular formula is C22H25F2N5O3S. The molecule has 0 saturated carbocycles. The van der Waals surface area contributed by atoms with Gasteiger partial charge in [0.25, 0.3) is 0 Å². The molecule has 176 valence electrons. The van der Waals surface area contributed by atoms with Crippen LogP contribution in [-0.4, -0.2) is 42.3 Å². The number of alkyl halides is 1. The number of halogens is 2. The summed E-state index contributed by atoms with van der Waals surface area (Å²) in [6.07, 6.45) is 3.13. The van der Waals surface area contributed by atoms with Gasteiger partial charge >= 0.3 is 0 Å². The monoisotopic (exact) mass is 477 g/mol. The molecule has 0 fully saturated rings. The average Bonchev–Trinajstić information content (AvgIpc) is 2.78. The first-order valence-corrected chi connectivity index (χ1v) is 11.6. The van der Waals surface area contributed by atoms with E-state index in [1.165, 1.54) is 32.9 Å². The van der Waals surface area contributed by atoms with E-state index in [4.69, 9.17) is 10.5 Å². The van der Waals surface area contributed by atoms with Gasteiger partial charge in [-0.3, -0.25) is 14.1 Å². The highest BCUT2D eigenvalue weighted by Gasteiger charge is 2.57. The molecule has 1 aliphatic rings. The van der Waals surface area contributed by atoms with Gasteiger partial charge < -0.3 is 15.8 Å². The lowest BCUT2D eigenvalue weighted by molar-refractivity contribution is 0.244. The van der Waals surface area contributed by atoms with Crippen LogP contribution in [0.3, 0.4) is 0 Å². The van der Waals surface area contributed by atoms with E-state index in [1.807, 2.05) is 0 Å². The molecule has 1 aromatic carbocycles. The maximum Gasteiger partial charge on any atom is 0.217 e. The zero-order valence-electron chi connectivity index (χ0n) is 18.5. The topological polar surface area (TPSA) is 126 Å². The first-order chi connectivity index (χ1) is 15.4. The van der Waals surface area contributed by atoms with Crippen LogP contribution < -0.4 is 15.8 Å². The van der Waals surface area contributed by atoms with Crippen molar-refractivity contribution in [3.05, 3.63) is 54.1 Å². The standard InChI is InChI=1S/C22H25F2N5O3S/c1-21(2)20(25)29-22(3,19(24)33(21,30)31)15-10-13(5-6-16(15)23)28-18-17-12(7-8-26-18)9-14(32-4)11-27-17/h5-11,19,30-31H,1-4H3,(H2,25,29)(H,26,28)/t19?,22-/m1/s1. The summed E-state index contributed by atoms with van der Waals surface area (Å²) in [5.41, 5.74) is 2.52. The van der Waals surface area contributed by atoms with Gasteiger partial charge in [-0.15, -0.1) is 0 Å². The number of aliphatic imine (C=N–C) groups is 1. The van der Waals surface area contributed by atoms with Crippen LogP contribution in [0, 0.1) is 5.82 Å². The third kappa shape index (κ3) is 3.56. The van der Waals surface area contributed by atoms with Crippen LogP contribution in [0.15, 0.2) is 47.7 Å². The summed E-state index contributed by atoms with van der Waals surface area (Å²) >= 11 is 0. The molecule has 11 heteroatoms. The Morgan fingerprint density at radius 3 is 2.58 bits per heavy atom. The molecule has 2 aromatic heterocycles. The molecule has 1 aliphatic heterocycles. The number of nitrogens with zero attached hydrogens (tertiary/aromatic N) is 3. The zero-order valence-corrected chi connectivity index (χ0v) is 19.3. The summed E-state index contributed by atoms with van der Waals surface area (Å²) in [5, 5.41) is 3.84. The second kappa shape index (κ2) is 7.79. The number of aromatic nitrogens is 2. The Kier molecular flexibility index (Phi) is 5.46. The number of hydrogen-bond donors (Lipinski definition) is 4. The largest absolute Gasteiger partial charge is 0.495 e. The van der Waals surface area contributed by atoms with E-state index in [-0.39, 0.29) is 11.4 Å². The Balaban J connectivity index is 1.79. The first kappa shape index (κ1) is 23.1. The van der Waals surface area contributed by atoms with E-state index in [0.29, 0.717) is 22.8 Å². The molecule has 0 aliphatic carbocycles. The van der Waals surface area contributed by atoms with Crippen molar-refractivity contribution >= 4 is 38.8 Å². The highest BCUT2D eigenvalue weighted by Crippen LogP contribution is 2.64. The summed E-state index contributed by atoms with van der Waals surface area (Å²) in [4.78, 5) is 12.9. The van der Waals surface area contributed by atoms with Crippen molar-refractivity contribution in [1.29, 1.82) is 0 Å². The van der Waals surface area contributed by atoms with Gasteiger partial charge in [0.15, 0.2) is 5.82 Å². The van der Waals surface area contributed by atoms with Crippen molar-refractivity contribution in [2.45, 2.75) is 36.6 Å². The minimum Gasteiger partial charge on any atom is -0.495 e. The van der Waals surface area contributed by atoms with E-state index in [1.54, 1.807) is 31.6 Å². The number of fused-ring (bicyclic) bond motifs is 1. The predicted octanol–water partition coefficient (Wildman–Crippen LogP) is 4.93. The van der Waals surface area contributed by atoms with Gasteiger partial charge in [0.05, 0.1) is 13.3 Å². The number of benzene rings is 1. The third-order valence-corrected chi connectivity index (χ3v) is 8.78. The van der Waals surface area contributed by atoms with Gasteiger partial charge in [-0.1, -0.05) is 0 Å². The molecule has 3 heterocycles. The Bertz CT molecular complexity index is 1270. The maximum atomic E-state index is 15.5. The summed E-state index contributed by atoms with van der Waals surface area (Å²) in [5.74, 6) is 0.0588. The number of nitrogens with two attached hydrogens (primary N) is 1. The Hall–Kier alpha value is -3.02. The average molecular weight is 478 g/mol. The fraction of sp³-hybridized carbons (Fsp3) is 0.318. The number of anilines is 2. The molecule has 3 aromatic rings. The lowest BCUT2D eigenvalue weighted by Gasteiger charge is -2.55. The molecule has 5 N–H and O–H groups in total. The molecule has 2 atom stereocenters. The van der Waals surface area contributed by atoms with Crippen LogP contribution in [0.2, 0.25) is 0 Å². The van der Waals surface area contributed by atoms with E-state index in [2.05, 4.69) is 20.3 Å². The van der Waals surface area contributed by atoms with E-state index in [9.17, 15) is 13.5 Å². The molecule has 1 unspecified atom stereocenters. The molecule has 0 radical (unpaired) electrons. The third-order valence-electron chi connectivity index (χ3n) is 6.04. The number of methoxy groups -OCH3 is 1. The van der Waals surface area contributed by atoms with Gasteiger partial charge in [0.1, 0.15) is 33.2 Å². The van der Waals surface area contributed by atoms with Crippen LogP contribution in [0.1, 0.15) is 26.3 Å². The minimum absolute atomic E-state index is 0.162. The lowest BCUT2D eigenvalue weighted by atomic mass is 9.91. The fourth-order valence-electron chi connectivity index (χ4n) is 3.72. The summed E-state index contributed by atoms with van der Waals surface area (Å²) in [6.45, 7) is 4.09. The van der Waals surface area contributed by atoms with Crippen LogP contribution in [0.4, 0.5) is 20.3 Å². The molecule has 0 spiro atoms. The molecule has 0 bridgehead atoms. The van der Waals surface area contributed by atoms with Crippen molar-refractivity contribution in [2.24, 2.45) is 10.7 Å². The summed E-state index contributed by atoms with van der Waals surface area (Å²) < 4.78 is 55.4. The molecule has 8 nitrogen and oxygen atoms in total. The van der Waals surface area contributed by atoms with Crippen molar-refractivity contribution in [2.75, 3.05) is 12.4 Å². The van der Waals surface area contributed by atoms with Gasteiger partial charge in [0, 0.05) is 22.8 Å². The van der Waals surface area contributed by atoms with Crippen molar-refractivity contribution in [1.82, 2.24) is 9.97 Å². The van der Waals surface area contributed by atoms with E-state index < -0.39 is 32.2 Å². The van der Waals surface area contributed by atoms with Crippen molar-refractivity contribution in [3.8, 4) is 5.75 Å². The molecule has 0 amide bonds. The Morgan fingerprint density at radius 1 is 1.15 bits per heavy atom. The number of ether oxygens (including phenoxy) is 1. The summed E-state index contributed by atoms with van der Waals surface area (Å²) in [7, 11) is -2.37. The number of rotatable bonds is 4. The van der Waals surface area contributed by atoms with E-state index in [0.717, 1.165) is 11.5 Å². The van der Waals surface area contributed by atoms with Gasteiger partial charge in [-0.05, 0) is 51.1 Å². The predicted molar refractivity (Wildman–Crippen MR) is 127 cm³/mol. The SMILES string of the molecule is COc1cnc2c(Nc3ccc(F)c([C@@]4(C)N=C(N)C(C)(C)S(O)(O)C4F)c3)nccc2c1. The first-order valence-electron chi connectivity index (χ1n) is 10.0. The smallest absolute Gasteiger partial charge is 0.217 e. The second-order valence-corrected chi connectivity index (χ2v) is 11.1. The minimum atomic E-state index is -3.91. The van der Waals surface area contributed by atoms with Crippen molar-refractivity contribution in [3.63, 3.8) is 0 Å². The molecule has 0 saturated heterocycles. The number of pyridine rings is 2. The molecular weight excluding hydrogens is 452 g/mol. The van der Waals surface area contributed by atoms with Crippen LogP contribution in [0.5, 0.6) is 5.75 Å². The van der Waals surface area contributed by atoms with Crippen LogP contribution >= 0.6 is 10.6 Å². The highest BCUT2D eigenvalue weighted by molar-refractivity contribution is 8.26. The second-order valence-electron chi connectivity index (χ2n) is 8.49. The Labute approximate surface area is 191 Å². The van der Waals surface area contributed by atoms with E-state index >= 15 is 4.39 Å². The Morgan fingerprint density at radius 2 is 1.88 bits per heavy atom. The maximum absolute atomic E-state index is 15.5. The molecule has 4 rings (SSSR count). The molecule has 33 heavy (non-hydrogen) atoms. The normalized spacial score (nSPS) is 24.7. The summed E-state index contributed by atoms with van der Waals surface area (Å²) in [6, 6.07) is 7.53. The van der Waals surface area contributed by atoms with Crippen LogP contribution in [0.25, 0.3) is 10.9 Å². The van der Waals surface area contributed by atoms with Gasteiger partial charge in [0.2, 0.25) is 5.50 Å². The van der Waals surface area contributed by atoms with Gasteiger partial charge in [-0.25, -0.2) is 18.7 Å². The van der Waals surface area contributed by atoms with Gasteiger partial charge in [-0.2, -0.15) is 10.6 Å². The number of hydrogen-bond acceptors (Lipinski definition) is 8. The van der Waals surface area contributed by atoms with Crippen molar-refractivity contribution < 1.29 is 22.6 Å². The quantitative estimate of drug-likeness (QED) is 0.420. The zero-order chi connectivity index (χ0) is 24.2. The number of nitrogens with one attached hydrogen (secondary N) is 1. The number of amidine groups is 1. The highest BCUT2D eigenvalue weighted by atomic mass is 32.3. The fourth-order valence-corrected chi connectivity index (χ4v) is 5.41.